The molecule has 0 spiro atoms. The van der Waals surface area contributed by atoms with E-state index in [9.17, 15) is 0 Å². The molecule has 0 amide bonds. The SMILES string of the molecule is Cc1cc(NCCc2ccccc2)nc(N2CCCC(C)C2)n1. The molecule has 0 aliphatic carbocycles. The topological polar surface area (TPSA) is 41.1 Å². The van der Waals surface area contributed by atoms with Gasteiger partial charge >= 0.3 is 0 Å². The Labute approximate surface area is 139 Å². The highest BCUT2D eigenvalue weighted by atomic mass is 15.3. The Hall–Kier alpha value is -2.10. The number of aromatic nitrogens is 2. The number of piperidine rings is 1. The van der Waals surface area contributed by atoms with E-state index in [4.69, 9.17) is 4.98 Å². The highest BCUT2D eigenvalue weighted by Crippen LogP contribution is 2.21. The Morgan fingerprint density at radius 1 is 1.22 bits per heavy atom. The molecule has 1 aliphatic rings. The maximum absolute atomic E-state index is 4.73. The van der Waals surface area contributed by atoms with Crippen LogP contribution in [-0.2, 0) is 6.42 Å². The average molecular weight is 310 g/mol. The molecule has 1 saturated heterocycles. The summed E-state index contributed by atoms with van der Waals surface area (Å²) in [6, 6.07) is 12.6. The number of rotatable bonds is 5. The monoisotopic (exact) mass is 310 g/mol. The largest absolute Gasteiger partial charge is 0.370 e. The van der Waals surface area contributed by atoms with Gasteiger partial charge in [0.1, 0.15) is 5.82 Å². The van der Waals surface area contributed by atoms with Crippen molar-refractivity contribution in [2.24, 2.45) is 5.92 Å². The molecule has 0 saturated carbocycles. The van der Waals surface area contributed by atoms with Gasteiger partial charge in [-0.05, 0) is 37.7 Å². The lowest BCUT2D eigenvalue weighted by Crippen LogP contribution is -2.35. The van der Waals surface area contributed by atoms with Crippen LogP contribution >= 0.6 is 0 Å². The third kappa shape index (κ3) is 4.44. The van der Waals surface area contributed by atoms with Gasteiger partial charge in [0.2, 0.25) is 5.95 Å². The van der Waals surface area contributed by atoms with Crippen LogP contribution in [0, 0.1) is 12.8 Å². The lowest BCUT2D eigenvalue weighted by atomic mass is 10.0. The predicted molar refractivity (Wildman–Crippen MR) is 96.0 cm³/mol. The van der Waals surface area contributed by atoms with Crippen molar-refractivity contribution in [1.82, 2.24) is 9.97 Å². The maximum atomic E-state index is 4.73. The summed E-state index contributed by atoms with van der Waals surface area (Å²) in [5.74, 6) is 2.53. The van der Waals surface area contributed by atoms with Crippen molar-refractivity contribution in [3.05, 3.63) is 47.7 Å². The van der Waals surface area contributed by atoms with Gasteiger partial charge in [-0.25, -0.2) is 4.98 Å². The second-order valence-electron chi connectivity index (χ2n) is 6.55. The highest BCUT2D eigenvalue weighted by molar-refractivity contribution is 5.44. The molecule has 2 aromatic rings. The minimum atomic E-state index is 0.724. The van der Waals surface area contributed by atoms with Gasteiger partial charge in [-0.2, -0.15) is 4.98 Å². The molecule has 23 heavy (non-hydrogen) atoms. The quantitative estimate of drug-likeness (QED) is 0.915. The minimum absolute atomic E-state index is 0.724. The lowest BCUT2D eigenvalue weighted by molar-refractivity contribution is 0.442. The number of hydrogen-bond donors (Lipinski definition) is 1. The Morgan fingerprint density at radius 3 is 2.83 bits per heavy atom. The van der Waals surface area contributed by atoms with Crippen molar-refractivity contribution in [3.63, 3.8) is 0 Å². The summed E-state index contributed by atoms with van der Waals surface area (Å²) in [6.45, 7) is 7.36. The first kappa shape index (κ1) is 15.8. The molecule has 3 rings (SSSR count). The van der Waals surface area contributed by atoms with Crippen molar-refractivity contribution < 1.29 is 0 Å². The fraction of sp³-hybridized carbons (Fsp3) is 0.474. The molecule has 1 aromatic carbocycles. The molecule has 1 unspecified atom stereocenters. The summed E-state index contributed by atoms with van der Waals surface area (Å²) in [6.07, 6.45) is 3.54. The van der Waals surface area contributed by atoms with Crippen molar-refractivity contribution in [3.8, 4) is 0 Å². The number of nitrogens with one attached hydrogen (secondary N) is 1. The van der Waals surface area contributed by atoms with E-state index in [0.717, 1.165) is 49.4 Å². The van der Waals surface area contributed by atoms with Crippen molar-refractivity contribution in [2.45, 2.75) is 33.1 Å². The summed E-state index contributed by atoms with van der Waals surface area (Å²) >= 11 is 0. The zero-order valence-electron chi connectivity index (χ0n) is 14.1. The standard InChI is InChI=1S/C19H26N4/c1-15-7-6-12-23(14-15)19-21-16(2)13-18(22-19)20-11-10-17-8-4-3-5-9-17/h3-5,8-9,13,15H,6-7,10-12,14H2,1-2H3,(H,20,21,22). The van der Waals surface area contributed by atoms with Crippen molar-refractivity contribution in [1.29, 1.82) is 0 Å². The van der Waals surface area contributed by atoms with E-state index in [1.165, 1.54) is 18.4 Å². The molecule has 2 heterocycles. The zero-order chi connectivity index (χ0) is 16.1. The van der Waals surface area contributed by atoms with Gasteiger partial charge in [-0.3, -0.25) is 0 Å². The Kier molecular flexibility index (Phi) is 5.11. The molecule has 1 fully saturated rings. The van der Waals surface area contributed by atoms with Gasteiger partial charge in [0, 0.05) is 31.4 Å². The number of anilines is 2. The van der Waals surface area contributed by atoms with Crippen LogP contribution in [0.1, 0.15) is 31.0 Å². The van der Waals surface area contributed by atoms with Gasteiger partial charge in [0.25, 0.3) is 0 Å². The van der Waals surface area contributed by atoms with Crippen LogP contribution in [-0.4, -0.2) is 29.6 Å². The molecule has 0 radical (unpaired) electrons. The molecule has 4 nitrogen and oxygen atoms in total. The molecular formula is C19H26N4. The second kappa shape index (κ2) is 7.44. The smallest absolute Gasteiger partial charge is 0.227 e. The van der Waals surface area contributed by atoms with Gasteiger partial charge < -0.3 is 10.2 Å². The Morgan fingerprint density at radius 2 is 2.04 bits per heavy atom. The van der Waals surface area contributed by atoms with Crippen LogP contribution in [0.4, 0.5) is 11.8 Å². The molecule has 1 aliphatic heterocycles. The minimum Gasteiger partial charge on any atom is -0.370 e. The average Bonchev–Trinajstić information content (AvgIpc) is 2.55. The van der Waals surface area contributed by atoms with E-state index in [0.29, 0.717) is 0 Å². The third-order valence-electron chi connectivity index (χ3n) is 4.34. The first-order valence-electron chi connectivity index (χ1n) is 8.59. The second-order valence-corrected chi connectivity index (χ2v) is 6.55. The molecule has 0 bridgehead atoms. The molecule has 1 aromatic heterocycles. The summed E-state index contributed by atoms with van der Waals surface area (Å²) < 4.78 is 0. The van der Waals surface area contributed by atoms with E-state index >= 15 is 0 Å². The van der Waals surface area contributed by atoms with E-state index in [1.807, 2.05) is 13.0 Å². The van der Waals surface area contributed by atoms with E-state index in [1.54, 1.807) is 0 Å². The van der Waals surface area contributed by atoms with Crippen LogP contribution in [0.5, 0.6) is 0 Å². The first-order valence-corrected chi connectivity index (χ1v) is 8.59. The molecule has 4 heteroatoms. The lowest BCUT2D eigenvalue weighted by Gasteiger charge is -2.31. The number of nitrogens with zero attached hydrogens (tertiary/aromatic N) is 3. The van der Waals surface area contributed by atoms with Crippen LogP contribution in [0.15, 0.2) is 36.4 Å². The fourth-order valence-corrected chi connectivity index (χ4v) is 3.14. The maximum Gasteiger partial charge on any atom is 0.227 e. The van der Waals surface area contributed by atoms with Crippen LogP contribution in [0.2, 0.25) is 0 Å². The van der Waals surface area contributed by atoms with Gasteiger partial charge in [0.15, 0.2) is 0 Å². The van der Waals surface area contributed by atoms with Crippen LogP contribution in [0.25, 0.3) is 0 Å². The summed E-state index contributed by atoms with van der Waals surface area (Å²) in [4.78, 5) is 11.7. The first-order chi connectivity index (χ1) is 11.2. The van der Waals surface area contributed by atoms with E-state index < -0.39 is 0 Å². The molecular weight excluding hydrogens is 284 g/mol. The van der Waals surface area contributed by atoms with E-state index in [-0.39, 0.29) is 0 Å². The number of benzene rings is 1. The van der Waals surface area contributed by atoms with Crippen LogP contribution < -0.4 is 10.2 Å². The Balaban J connectivity index is 1.63. The van der Waals surface area contributed by atoms with Gasteiger partial charge in [0.05, 0.1) is 0 Å². The molecule has 122 valence electrons. The van der Waals surface area contributed by atoms with Crippen molar-refractivity contribution >= 4 is 11.8 Å². The van der Waals surface area contributed by atoms with E-state index in [2.05, 4.69) is 52.5 Å². The highest BCUT2D eigenvalue weighted by Gasteiger charge is 2.19. The number of hydrogen-bond acceptors (Lipinski definition) is 4. The summed E-state index contributed by atoms with van der Waals surface area (Å²) in [7, 11) is 0. The molecule has 1 N–H and O–H groups in total. The third-order valence-corrected chi connectivity index (χ3v) is 4.34. The fourth-order valence-electron chi connectivity index (χ4n) is 3.14. The zero-order valence-corrected chi connectivity index (χ0v) is 14.1. The normalized spacial score (nSPS) is 18.0. The molecule has 1 atom stereocenters. The summed E-state index contributed by atoms with van der Waals surface area (Å²) in [5.41, 5.74) is 2.37. The van der Waals surface area contributed by atoms with Crippen LogP contribution in [0.3, 0.4) is 0 Å². The Bertz CT molecular complexity index is 627. The van der Waals surface area contributed by atoms with Gasteiger partial charge in [-0.1, -0.05) is 37.3 Å². The predicted octanol–water partition coefficient (Wildman–Crippen LogP) is 3.68. The van der Waals surface area contributed by atoms with Gasteiger partial charge in [-0.15, -0.1) is 0 Å². The number of aryl methyl sites for hydroxylation is 1. The summed E-state index contributed by atoms with van der Waals surface area (Å²) in [5, 5.41) is 3.45. The van der Waals surface area contributed by atoms with Crippen molar-refractivity contribution in [2.75, 3.05) is 29.9 Å².